The number of nitrogen functional groups attached to an aromatic ring is 1. The zero-order valence-electron chi connectivity index (χ0n) is 12.5. The maximum atomic E-state index is 12.4. The summed E-state index contributed by atoms with van der Waals surface area (Å²) in [4.78, 5) is 2.50. The lowest BCUT2D eigenvalue weighted by Crippen LogP contribution is -2.44. The van der Waals surface area contributed by atoms with E-state index in [2.05, 4.69) is 16.5 Å². The summed E-state index contributed by atoms with van der Waals surface area (Å²) in [6.07, 6.45) is 1.67. The van der Waals surface area contributed by atoms with Gasteiger partial charge in [-0.1, -0.05) is 6.92 Å². The molecule has 3 N–H and O–H groups in total. The Balaban J connectivity index is 2.08. The number of hydrogen-bond acceptors (Lipinski definition) is 5. The lowest BCUT2D eigenvalue weighted by Gasteiger charge is -2.31. The Morgan fingerprint density at radius 3 is 2.62 bits per heavy atom. The summed E-state index contributed by atoms with van der Waals surface area (Å²) >= 11 is 0. The molecule has 0 radical (unpaired) electrons. The standard InChI is InChI=1S/C14H23N3O3S/c1-3-17-8-6-11(7-9-17)16-21(18,19)12-4-5-13(15)14(10-12)20-2/h4-5,10-11,16H,3,6-9,15H2,1-2H3. The highest BCUT2D eigenvalue weighted by Crippen LogP contribution is 2.25. The average molecular weight is 313 g/mol. The minimum absolute atomic E-state index is 0.0126. The number of nitrogens with two attached hydrogens (primary N) is 1. The third kappa shape index (κ3) is 3.87. The van der Waals surface area contributed by atoms with Crippen molar-refractivity contribution in [1.82, 2.24) is 9.62 Å². The number of rotatable bonds is 5. The van der Waals surface area contributed by atoms with E-state index >= 15 is 0 Å². The van der Waals surface area contributed by atoms with Gasteiger partial charge in [-0.15, -0.1) is 0 Å². The van der Waals surface area contributed by atoms with E-state index < -0.39 is 10.0 Å². The molecular weight excluding hydrogens is 290 g/mol. The van der Waals surface area contributed by atoms with Crippen molar-refractivity contribution in [2.45, 2.75) is 30.7 Å². The van der Waals surface area contributed by atoms with Crippen molar-refractivity contribution < 1.29 is 13.2 Å². The Labute approximate surface area is 126 Å². The first-order chi connectivity index (χ1) is 9.96. The number of ether oxygens (including phenoxy) is 1. The molecule has 0 aromatic heterocycles. The van der Waals surface area contributed by atoms with Crippen LogP contribution in [0.3, 0.4) is 0 Å². The Bertz CT molecular complexity index is 581. The second-order valence-corrected chi connectivity index (χ2v) is 6.95. The number of sulfonamides is 1. The van der Waals surface area contributed by atoms with Crippen molar-refractivity contribution in [1.29, 1.82) is 0 Å². The van der Waals surface area contributed by atoms with Crippen molar-refractivity contribution in [3.8, 4) is 5.75 Å². The highest BCUT2D eigenvalue weighted by molar-refractivity contribution is 7.89. The van der Waals surface area contributed by atoms with E-state index in [9.17, 15) is 8.42 Å². The highest BCUT2D eigenvalue weighted by atomic mass is 32.2. The highest BCUT2D eigenvalue weighted by Gasteiger charge is 2.24. The number of hydrogen-bond donors (Lipinski definition) is 2. The zero-order chi connectivity index (χ0) is 15.5. The van der Waals surface area contributed by atoms with Gasteiger partial charge in [0.25, 0.3) is 0 Å². The van der Waals surface area contributed by atoms with E-state index in [1.54, 1.807) is 6.07 Å². The molecule has 1 heterocycles. The molecule has 7 heteroatoms. The van der Waals surface area contributed by atoms with Gasteiger partial charge >= 0.3 is 0 Å². The first-order valence-electron chi connectivity index (χ1n) is 7.14. The largest absolute Gasteiger partial charge is 0.495 e. The minimum Gasteiger partial charge on any atom is -0.495 e. The van der Waals surface area contributed by atoms with Crippen LogP contribution in [-0.2, 0) is 10.0 Å². The van der Waals surface area contributed by atoms with Crippen LogP contribution in [0.4, 0.5) is 5.69 Å². The monoisotopic (exact) mass is 313 g/mol. The van der Waals surface area contributed by atoms with Gasteiger partial charge < -0.3 is 15.4 Å². The molecule has 1 saturated heterocycles. The number of piperidine rings is 1. The first-order valence-corrected chi connectivity index (χ1v) is 8.62. The molecule has 1 aliphatic heterocycles. The third-order valence-electron chi connectivity index (χ3n) is 3.87. The van der Waals surface area contributed by atoms with Crippen LogP contribution in [0.1, 0.15) is 19.8 Å². The molecule has 6 nitrogen and oxygen atoms in total. The van der Waals surface area contributed by atoms with Crippen LogP contribution in [0.15, 0.2) is 23.1 Å². The summed E-state index contributed by atoms with van der Waals surface area (Å²) in [6, 6.07) is 4.49. The Hall–Kier alpha value is -1.31. The number of methoxy groups -OCH3 is 1. The zero-order valence-corrected chi connectivity index (χ0v) is 13.3. The summed E-state index contributed by atoms with van der Waals surface area (Å²) in [5, 5.41) is 0. The Morgan fingerprint density at radius 1 is 1.38 bits per heavy atom. The smallest absolute Gasteiger partial charge is 0.240 e. The molecule has 21 heavy (non-hydrogen) atoms. The van der Waals surface area contributed by atoms with E-state index in [1.165, 1.54) is 19.2 Å². The fourth-order valence-electron chi connectivity index (χ4n) is 2.51. The van der Waals surface area contributed by atoms with E-state index in [-0.39, 0.29) is 10.9 Å². The van der Waals surface area contributed by atoms with Crippen LogP contribution in [0.25, 0.3) is 0 Å². The Kier molecular flexibility index (Phi) is 5.08. The number of benzene rings is 1. The van der Waals surface area contributed by atoms with Crippen molar-refractivity contribution in [3.05, 3.63) is 18.2 Å². The van der Waals surface area contributed by atoms with Gasteiger partial charge in [0.15, 0.2) is 0 Å². The molecule has 1 fully saturated rings. The van der Waals surface area contributed by atoms with Crippen LogP contribution < -0.4 is 15.2 Å². The number of likely N-dealkylation sites (tertiary alicyclic amines) is 1. The van der Waals surface area contributed by atoms with Crippen molar-refractivity contribution in [3.63, 3.8) is 0 Å². The van der Waals surface area contributed by atoms with Crippen molar-refractivity contribution >= 4 is 15.7 Å². The molecule has 118 valence electrons. The van der Waals surface area contributed by atoms with E-state index in [1.807, 2.05) is 0 Å². The van der Waals surface area contributed by atoms with Crippen molar-refractivity contribution in [2.24, 2.45) is 0 Å². The molecule has 0 atom stereocenters. The van der Waals surface area contributed by atoms with Crippen LogP contribution >= 0.6 is 0 Å². The van der Waals surface area contributed by atoms with Gasteiger partial charge in [0.2, 0.25) is 10.0 Å². The molecule has 0 aliphatic carbocycles. The van der Waals surface area contributed by atoms with Gasteiger partial charge in [0.1, 0.15) is 5.75 Å². The predicted octanol–water partition coefficient (Wildman–Crippen LogP) is 1.04. The summed E-state index contributed by atoms with van der Waals surface area (Å²) in [7, 11) is -2.07. The molecule has 2 rings (SSSR count). The maximum absolute atomic E-state index is 12.4. The topological polar surface area (TPSA) is 84.7 Å². The summed E-state index contributed by atoms with van der Waals surface area (Å²) in [5.41, 5.74) is 6.14. The fourth-order valence-corrected chi connectivity index (χ4v) is 3.83. The van der Waals surface area contributed by atoms with Crippen LogP contribution in [0, 0.1) is 0 Å². The SMILES string of the molecule is CCN1CCC(NS(=O)(=O)c2ccc(N)c(OC)c2)CC1. The first kappa shape index (κ1) is 16.1. The molecular formula is C14H23N3O3S. The fraction of sp³-hybridized carbons (Fsp3) is 0.571. The normalized spacial score (nSPS) is 17.8. The summed E-state index contributed by atoms with van der Waals surface area (Å²) in [5.74, 6) is 0.374. The lowest BCUT2D eigenvalue weighted by molar-refractivity contribution is 0.217. The van der Waals surface area contributed by atoms with Gasteiger partial charge in [-0.25, -0.2) is 13.1 Å². The van der Waals surface area contributed by atoms with E-state index in [4.69, 9.17) is 10.5 Å². The molecule has 0 saturated carbocycles. The average Bonchev–Trinajstić information content (AvgIpc) is 2.48. The molecule has 1 aromatic rings. The van der Waals surface area contributed by atoms with Crippen LogP contribution in [0.5, 0.6) is 5.75 Å². The molecule has 0 amide bonds. The van der Waals surface area contributed by atoms with Gasteiger partial charge in [-0.2, -0.15) is 0 Å². The second kappa shape index (κ2) is 6.64. The van der Waals surface area contributed by atoms with Crippen molar-refractivity contribution in [2.75, 3.05) is 32.5 Å². The summed E-state index contributed by atoms with van der Waals surface area (Å²) < 4.78 is 32.7. The van der Waals surface area contributed by atoms with Crippen LogP contribution in [-0.4, -0.2) is 46.1 Å². The van der Waals surface area contributed by atoms with Crippen LogP contribution in [0.2, 0.25) is 0 Å². The minimum atomic E-state index is -3.54. The van der Waals surface area contributed by atoms with Gasteiger partial charge in [0, 0.05) is 12.1 Å². The molecule has 0 unspecified atom stereocenters. The second-order valence-electron chi connectivity index (χ2n) is 5.23. The summed E-state index contributed by atoms with van der Waals surface area (Å²) in [6.45, 7) is 4.98. The molecule has 1 aromatic carbocycles. The quantitative estimate of drug-likeness (QED) is 0.794. The maximum Gasteiger partial charge on any atom is 0.240 e. The van der Waals surface area contributed by atoms with E-state index in [0.717, 1.165) is 32.5 Å². The molecule has 0 spiro atoms. The molecule has 0 bridgehead atoms. The number of nitrogens with one attached hydrogen (secondary N) is 1. The molecule has 1 aliphatic rings. The number of anilines is 1. The number of nitrogens with zero attached hydrogens (tertiary/aromatic N) is 1. The van der Waals surface area contributed by atoms with Gasteiger partial charge in [-0.05, 0) is 44.6 Å². The van der Waals surface area contributed by atoms with Gasteiger partial charge in [-0.3, -0.25) is 0 Å². The van der Waals surface area contributed by atoms with Gasteiger partial charge in [0.05, 0.1) is 17.7 Å². The Morgan fingerprint density at radius 2 is 2.05 bits per heavy atom. The predicted molar refractivity (Wildman–Crippen MR) is 82.9 cm³/mol. The third-order valence-corrected chi connectivity index (χ3v) is 5.39. The van der Waals surface area contributed by atoms with E-state index in [0.29, 0.717) is 11.4 Å². The lowest BCUT2D eigenvalue weighted by atomic mass is 10.1.